The summed E-state index contributed by atoms with van der Waals surface area (Å²) in [7, 11) is 0. The SMILES string of the molecule is Oc1[nH]c2ccc(C(F)(F)F)cc2c1N=Nc1ccc(Cl)cc1. The normalized spacial score (nSPS) is 12.3. The van der Waals surface area contributed by atoms with Gasteiger partial charge in [0.05, 0.1) is 16.8 Å². The summed E-state index contributed by atoms with van der Waals surface area (Å²) >= 11 is 5.75. The first-order valence-electron chi connectivity index (χ1n) is 6.44. The molecular formula is C15H9ClF3N3O. The Bertz CT molecular complexity index is 885. The predicted octanol–water partition coefficient (Wildman–Crippen LogP) is 5.96. The maximum atomic E-state index is 12.8. The highest BCUT2D eigenvalue weighted by atomic mass is 35.5. The second-order valence-corrected chi connectivity index (χ2v) is 5.19. The number of azo groups is 1. The van der Waals surface area contributed by atoms with Crippen LogP contribution in [0.4, 0.5) is 24.5 Å². The molecule has 118 valence electrons. The van der Waals surface area contributed by atoms with Crippen molar-refractivity contribution in [3.63, 3.8) is 0 Å². The minimum atomic E-state index is -4.48. The second kappa shape index (κ2) is 5.58. The van der Waals surface area contributed by atoms with Gasteiger partial charge in [-0.3, -0.25) is 0 Å². The van der Waals surface area contributed by atoms with Crippen LogP contribution in [0, 0.1) is 0 Å². The molecule has 0 aliphatic rings. The van der Waals surface area contributed by atoms with E-state index in [-0.39, 0.29) is 17.0 Å². The van der Waals surface area contributed by atoms with E-state index in [2.05, 4.69) is 15.2 Å². The lowest BCUT2D eigenvalue weighted by molar-refractivity contribution is -0.137. The van der Waals surface area contributed by atoms with Gasteiger partial charge in [-0.25, -0.2) is 0 Å². The Labute approximate surface area is 133 Å². The molecule has 8 heteroatoms. The van der Waals surface area contributed by atoms with Gasteiger partial charge >= 0.3 is 6.18 Å². The zero-order valence-electron chi connectivity index (χ0n) is 11.4. The van der Waals surface area contributed by atoms with E-state index in [1.807, 2.05) is 0 Å². The van der Waals surface area contributed by atoms with Crippen LogP contribution in [-0.4, -0.2) is 10.1 Å². The molecule has 0 radical (unpaired) electrons. The van der Waals surface area contributed by atoms with E-state index < -0.39 is 11.7 Å². The smallest absolute Gasteiger partial charge is 0.416 e. The van der Waals surface area contributed by atoms with Gasteiger partial charge in [0.1, 0.15) is 0 Å². The molecule has 0 unspecified atom stereocenters. The molecule has 2 N–H and O–H groups in total. The van der Waals surface area contributed by atoms with Crippen molar-refractivity contribution >= 4 is 33.9 Å². The van der Waals surface area contributed by atoms with Gasteiger partial charge in [0.2, 0.25) is 5.88 Å². The number of hydrogen-bond donors (Lipinski definition) is 2. The number of H-pyrrole nitrogens is 1. The Balaban J connectivity index is 2.05. The molecule has 0 aliphatic carbocycles. The molecule has 2 aromatic carbocycles. The highest BCUT2D eigenvalue weighted by Crippen LogP contribution is 2.39. The highest BCUT2D eigenvalue weighted by Gasteiger charge is 2.31. The monoisotopic (exact) mass is 339 g/mol. The fraction of sp³-hybridized carbons (Fsp3) is 0.0667. The van der Waals surface area contributed by atoms with Crippen LogP contribution in [-0.2, 0) is 6.18 Å². The maximum absolute atomic E-state index is 12.8. The zero-order valence-corrected chi connectivity index (χ0v) is 12.2. The van der Waals surface area contributed by atoms with Gasteiger partial charge in [0.15, 0.2) is 5.69 Å². The molecule has 23 heavy (non-hydrogen) atoms. The number of aromatic nitrogens is 1. The van der Waals surface area contributed by atoms with Gasteiger partial charge < -0.3 is 10.1 Å². The second-order valence-electron chi connectivity index (χ2n) is 4.76. The van der Waals surface area contributed by atoms with Gasteiger partial charge in [-0.05, 0) is 42.5 Å². The number of aromatic hydroxyl groups is 1. The third-order valence-corrected chi connectivity index (χ3v) is 3.42. The largest absolute Gasteiger partial charge is 0.493 e. The van der Waals surface area contributed by atoms with Crippen LogP contribution in [0.2, 0.25) is 5.02 Å². The summed E-state index contributed by atoms with van der Waals surface area (Å²) < 4.78 is 38.4. The molecule has 0 spiro atoms. The van der Waals surface area contributed by atoms with Crippen molar-refractivity contribution in [1.29, 1.82) is 0 Å². The molecule has 3 rings (SSSR count). The lowest BCUT2D eigenvalue weighted by Gasteiger charge is -2.05. The number of nitrogens with zero attached hydrogens (tertiary/aromatic N) is 2. The van der Waals surface area contributed by atoms with Crippen LogP contribution >= 0.6 is 11.6 Å². The number of alkyl halides is 3. The number of aromatic amines is 1. The lowest BCUT2D eigenvalue weighted by atomic mass is 10.1. The summed E-state index contributed by atoms with van der Waals surface area (Å²) in [5, 5.41) is 18.2. The molecule has 0 atom stereocenters. The number of halogens is 4. The van der Waals surface area contributed by atoms with Crippen LogP contribution in [0.25, 0.3) is 10.9 Å². The number of fused-ring (bicyclic) bond motifs is 1. The third-order valence-electron chi connectivity index (χ3n) is 3.17. The van der Waals surface area contributed by atoms with Crippen molar-refractivity contribution in [2.75, 3.05) is 0 Å². The Hall–Kier alpha value is -2.54. The Morgan fingerprint density at radius 1 is 1.00 bits per heavy atom. The average molecular weight is 340 g/mol. The van der Waals surface area contributed by atoms with Crippen molar-refractivity contribution in [3.8, 4) is 5.88 Å². The predicted molar refractivity (Wildman–Crippen MR) is 80.6 cm³/mol. The number of hydrogen-bond acceptors (Lipinski definition) is 3. The number of rotatable bonds is 2. The number of benzene rings is 2. The zero-order chi connectivity index (χ0) is 16.6. The Kier molecular flexibility index (Phi) is 3.73. The molecule has 0 saturated heterocycles. The van der Waals surface area contributed by atoms with E-state index in [4.69, 9.17) is 11.6 Å². The van der Waals surface area contributed by atoms with Crippen molar-refractivity contribution < 1.29 is 18.3 Å². The Morgan fingerprint density at radius 3 is 2.35 bits per heavy atom. The van der Waals surface area contributed by atoms with E-state index in [9.17, 15) is 18.3 Å². The van der Waals surface area contributed by atoms with Gasteiger partial charge in [-0.2, -0.15) is 18.3 Å². The molecule has 3 aromatic rings. The molecule has 1 aromatic heterocycles. The minimum absolute atomic E-state index is 0.0546. The highest BCUT2D eigenvalue weighted by molar-refractivity contribution is 6.30. The maximum Gasteiger partial charge on any atom is 0.416 e. The van der Waals surface area contributed by atoms with E-state index >= 15 is 0 Å². The summed E-state index contributed by atoms with van der Waals surface area (Å²) in [5.41, 5.74) is -0.0938. The van der Waals surface area contributed by atoms with Crippen molar-refractivity contribution in [2.24, 2.45) is 10.2 Å². The molecule has 0 amide bonds. The molecule has 0 saturated carbocycles. The van der Waals surface area contributed by atoms with Gasteiger partial charge in [-0.1, -0.05) is 11.6 Å². The fourth-order valence-corrected chi connectivity index (χ4v) is 2.18. The summed E-state index contributed by atoms with van der Waals surface area (Å²) in [6.45, 7) is 0. The molecule has 4 nitrogen and oxygen atoms in total. The fourth-order valence-electron chi connectivity index (χ4n) is 2.06. The third kappa shape index (κ3) is 3.14. The van der Waals surface area contributed by atoms with Gasteiger partial charge in [0, 0.05) is 10.4 Å². The molecular weight excluding hydrogens is 331 g/mol. The van der Waals surface area contributed by atoms with E-state index in [1.165, 1.54) is 6.07 Å². The molecule has 0 fully saturated rings. The van der Waals surface area contributed by atoms with Gasteiger partial charge in [-0.15, -0.1) is 5.11 Å². The lowest BCUT2D eigenvalue weighted by Crippen LogP contribution is -2.03. The summed E-state index contributed by atoms with van der Waals surface area (Å²) in [5.74, 6) is -0.350. The van der Waals surface area contributed by atoms with Crippen LogP contribution in [0.15, 0.2) is 52.7 Å². The topological polar surface area (TPSA) is 60.7 Å². The minimum Gasteiger partial charge on any atom is -0.493 e. The first kappa shape index (κ1) is 15.4. The van der Waals surface area contributed by atoms with Crippen LogP contribution in [0.5, 0.6) is 5.88 Å². The van der Waals surface area contributed by atoms with Crippen molar-refractivity contribution in [3.05, 3.63) is 53.1 Å². The first-order chi connectivity index (χ1) is 10.8. The van der Waals surface area contributed by atoms with E-state index in [0.717, 1.165) is 12.1 Å². The average Bonchev–Trinajstić information content (AvgIpc) is 2.80. The molecule has 0 bridgehead atoms. The summed E-state index contributed by atoms with van der Waals surface area (Å²) in [4.78, 5) is 2.56. The van der Waals surface area contributed by atoms with E-state index in [0.29, 0.717) is 16.2 Å². The molecule has 0 aliphatic heterocycles. The number of nitrogens with one attached hydrogen (secondary N) is 1. The first-order valence-corrected chi connectivity index (χ1v) is 6.81. The van der Waals surface area contributed by atoms with Crippen LogP contribution < -0.4 is 0 Å². The van der Waals surface area contributed by atoms with Crippen molar-refractivity contribution in [1.82, 2.24) is 4.98 Å². The van der Waals surface area contributed by atoms with Crippen LogP contribution in [0.3, 0.4) is 0 Å². The standard InChI is InChI=1S/C15H9ClF3N3O/c16-9-2-4-10(5-3-9)21-22-13-11-7-8(15(17,18)19)1-6-12(11)20-14(13)23/h1-7,20,23H. The summed E-state index contributed by atoms with van der Waals surface area (Å²) in [6, 6.07) is 9.48. The van der Waals surface area contributed by atoms with Crippen LogP contribution in [0.1, 0.15) is 5.56 Å². The Morgan fingerprint density at radius 2 is 1.70 bits per heavy atom. The quantitative estimate of drug-likeness (QED) is 0.556. The van der Waals surface area contributed by atoms with E-state index in [1.54, 1.807) is 24.3 Å². The van der Waals surface area contributed by atoms with Gasteiger partial charge in [0.25, 0.3) is 0 Å². The molecule has 1 heterocycles. The summed E-state index contributed by atoms with van der Waals surface area (Å²) in [6.07, 6.45) is -4.48. The van der Waals surface area contributed by atoms with Crippen molar-refractivity contribution in [2.45, 2.75) is 6.18 Å².